The monoisotopic (exact) mass is 348 g/mol. The standard InChI is InChI=1S/C16H19F3N2O.ClH/c17-16(18,19)11-5-3-4-10(8-11)12-9-20-13-6-1-2-7-14(22)21-15(12)13;/h3-5,8,12-13,15,20H,1-2,6-7,9H2,(H,21,22);1H/t12-,13+,15-;/m0./s1. The number of carbonyl (C=O) groups excluding carboxylic acids is 1. The molecule has 7 heteroatoms. The molecule has 3 rings (SSSR count). The van der Waals surface area contributed by atoms with Gasteiger partial charge in [-0.3, -0.25) is 4.79 Å². The van der Waals surface area contributed by atoms with Crippen LogP contribution in [-0.4, -0.2) is 24.5 Å². The highest BCUT2D eigenvalue weighted by molar-refractivity contribution is 5.85. The van der Waals surface area contributed by atoms with Gasteiger partial charge >= 0.3 is 6.18 Å². The molecule has 23 heavy (non-hydrogen) atoms. The number of alkyl halides is 3. The lowest BCUT2D eigenvalue weighted by Crippen LogP contribution is -2.46. The molecule has 0 bridgehead atoms. The first-order chi connectivity index (χ1) is 10.4. The summed E-state index contributed by atoms with van der Waals surface area (Å²) >= 11 is 0. The second-order valence-electron chi connectivity index (χ2n) is 6.08. The number of amides is 1. The van der Waals surface area contributed by atoms with Crippen LogP contribution in [0.3, 0.4) is 0 Å². The average molecular weight is 349 g/mol. The van der Waals surface area contributed by atoms with Gasteiger partial charge in [-0.25, -0.2) is 0 Å². The van der Waals surface area contributed by atoms with E-state index < -0.39 is 11.7 Å². The molecule has 2 fully saturated rings. The molecule has 0 unspecified atom stereocenters. The molecule has 3 atom stereocenters. The number of nitrogens with one attached hydrogen (secondary N) is 2. The molecule has 2 aliphatic rings. The number of benzene rings is 1. The van der Waals surface area contributed by atoms with Crippen molar-refractivity contribution in [1.29, 1.82) is 0 Å². The third-order valence-corrected chi connectivity index (χ3v) is 4.61. The van der Waals surface area contributed by atoms with Crippen LogP contribution in [0, 0.1) is 0 Å². The fraction of sp³-hybridized carbons (Fsp3) is 0.562. The van der Waals surface area contributed by atoms with Gasteiger partial charge in [-0.15, -0.1) is 12.4 Å². The second kappa shape index (κ2) is 7.09. The molecule has 0 aliphatic carbocycles. The van der Waals surface area contributed by atoms with E-state index in [4.69, 9.17) is 0 Å². The normalized spacial score (nSPS) is 28.1. The smallest absolute Gasteiger partial charge is 0.351 e. The highest BCUT2D eigenvalue weighted by Gasteiger charge is 2.39. The number of rotatable bonds is 1. The lowest BCUT2D eigenvalue weighted by Gasteiger charge is -2.28. The van der Waals surface area contributed by atoms with Gasteiger partial charge in [-0.05, 0) is 24.5 Å². The predicted octanol–water partition coefficient (Wildman–Crippen LogP) is 3.24. The summed E-state index contributed by atoms with van der Waals surface area (Å²) in [6, 6.07) is 5.46. The van der Waals surface area contributed by atoms with E-state index in [-0.39, 0.29) is 36.3 Å². The summed E-state index contributed by atoms with van der Waals surface area (Å²) in [5, 5.41) is 6.36. The minimum atomic E-state index is -4.34. The molecule has 1 amide bonds. The van der Waals surface area contributed by atoms with E-state index >= 15 is 0 Å². The molecule has 2 saturated heterocycles. The Morgan fingerprint density at radius 3 is 2.70 bits per heavy atom. The number of hydrogen-bond donors (Lipinski definition) is 2. The van der Waals surface area contributed by atoms with E-state index in [2.05, 4.69) is 10.6 Å². The van der Waals surface area contributed by atoms with E-state index in [1.807, 2.05) is 0 Å². The van der Waals surface area contributed by atoms with Crippen LogP contribution < -0.4 is 10.6 Å². The quantitative estimate of drug-likeness (QED) is 0.818. The summed E-state index contributed by atoms with van der Waals surface area (Å²) in [5.74, 6) is -0.121. The lowest BCUT2D eigenvalue weighted by molar-refractivity contribution is -0.137. The van der Waals surface area contributed by atoms with E-state index in [0.29, 0.717) is 18.5 Å². The zero-order chi connectivity index (χ0) is 15.7. The third-order valence-electron chi connectivity index (χ3n) is 4.61. The molecule has 0 saturated carbocycles. The van der Waals surface area contributed by atoms with Crippen LogP contribution in [0.2, 0.25) is 0 Å². The Balaban J connectivity index is 0.00000192. The highest BCUT2D eigenvalue weighted by atomic mass is 35.5. The van der Waals surface area contributed by atoms with Gasteiger partial charge in [-0.2, -0.15) is 13.2 Å². The Bertz CT molecular complexity index is 565. The molecule has 3 nitrogen and oxygen atoms in total. The van der Waals surface area contributed by atoms with Crippen molar-refractivity contribution in [3.63, 3.8) is 0 Å². The van der Waals surface area contributed by atoms with Crippen LogP contribution in [0.5, 0.6) is 0 Å². The summed E-state index contributed by atoms with van der Waals surface area (Å²) in [6.07, 6.45) is -1.06. The number of carbonyl (C=O) groups is 1. The SMILES string of the molecule is Cl.O=C1CCCC[C@H]2NC[C@@H](c3cccc(C(F)(F)F)c3)[C@@H]2N1. The van der Waals surface area contributed by atoms with Crippen molar-refractivity contribution in [1.82, 2.24) is 10.6 Å². The first-order valence-electron chi connectivity index (χ1n) is 7.65. The average Bonchev–Trinajstić information content (AvgIpc) is 2.83. The minimum Gasteiger partial charge on any atom is -0.351 e. The summed E-state index contributed by atoms with van der Waals surface area (Å²) < 4.78 is 38.6. The molecular weight excluding hydrogens is 329 g/mol. The Labute approximate surface area is 139 Å². The van der Waals surface area contributed by atoms with Crippen molar-refractivity contribution in [2.75, 3.05) is 6.54 Å². The van der Waals surface area contributed by atoms with Gasteiger partial charge in [0.15, 0.2) is 0 Å². The van der Waals surface area contributed by atoms with Gasteiger partial charge in [-0.1, -0.05) is 24.6 Å². The Hall–Kier alpha value is -1.27. The second-order valence-corrected chi connectivity index (χ2v) is 6.08. The van der Waals surface area contributed by atoms with Gasteiger partial charge < -0.3 is 10.6 Å². The van der Waals surface area contributed by atoms with Crippen LogP contribution in [0.25, 0.3) is 0 Å². The molecule has 1 aromatic carbocycles. The summed E-state index contributed by atoms with van der Waals surface area (Å²) in [5.41, 5.74) is 0.00122. The Kier molecular flexibility index (Phi) is 5.57. The highest BCUT2D eigenvalue weighted by Crippen LogP contribution is 2.34. The maximum absolute atomic E-state index is 12.9. The topological polar surface area (TPSA) is 41.1 Å². The van der Waals surface area contributed by atoms with Gasteiger partial charge in [0, 0.05) is 24.9 Å². The molecule has 0 spiro atoms. The van der Waals surface area contributed by atoms with Crippen molar-refractivity contribution >= 4 is 18.3 Å². The molecule has 128 valence electrons. The van der Waals surface area contributed by atoms with Gasteiger partial charge in [0.1, 0.15) is 0 Å². The third kappa shape index (κ3) is 3.98. The van der Waals surface area contributed by atoms with Crippen LogP contribution in [0.1, 0.15) is 42.7 Å². The van der Waals surface area contributed by atoms with Crippen LogP contribution in [-0.2, 0) is 11.0 Å². The summed E-state index contributed by atoms with van der Waals surface area (Å²) in [6.45, 7) is 0.594. The summed E-state index contributed by atoms with van der Waals surface area (Å²) in [7, 11) is 0. The zero-order valence-corrected chi connectivity index (χ0v) is 13.3. The fourth-order valence-corrected chi connectivity index (χ4v) is 3.47. The maximum atomic E-state index is 12.9. The minimum absolute atomic E-state index is 0. The van der Waals surface area contributed by atoms with Crippen LogP contribution in [0.15, 0.2) is 24.3 Å². The van der Waals surface area contributed by atoms with E-state index in [9.17, 15) is 18.0 Å². The van der Waals surface area contributed by atoms with Crippen molar-refractivity contribution in [2.24, 2.45) is 0 Å². The zero-order valence-electron chi connectivity index (χ0n) is 12.5. The van der Waals surface area contributed by atoms with Crippen molar-refractivity contribution < 1.29 is 18.0 Å². The summed E-state index contributed by atoms with van der Waals surface area (Å²) in [4.78, 5) is 11.9. The van der Waals surface area contributed by atoms with E-state index in [1.54, 1.807) is 6.07 Å². The molecule has 1 aromatic rings. The number of hydrogen-bond acceptors (Lipinski definition) is 2. The van der Waals surface area contributed by atoms with E-state index in [1.165, 1.54) is 12.1 Å². The first kappa shape index (κ1) is 18.1. The van der Waals surface area contributed by atoms with Crippen LogP contribution >= 0.6 is 12.4 Å². The van der Waals surface area contributed by atoms with Crippen molar-refractivity contribution in [2.45, 2.75) is 49.9 Å². The Morgan fingerprint density at radius 1 is 1.17 bits per heavy atom. The number of halogens is 4. The largest absolute Gasteiger partial charge is 0.416 e. The molecular formula is C16H20ClF3N2O. The first-order valence-corrected chi connectivity index (χ1v) is 7.65. The lowest BCUT2D eigenvalue weighted by atomic mass is 9.87. The van der Waals surface area contributed by atoms with Gasteiger partial charge in [0.25, 0.3) is 0 Å². The molecule has 2 aliphatic heterocycles. The van der Waals surface area contributed by atoms with Crippen molar-refractivity contribution in [3.05, 3.63) is 35.4 Å². The molecule has 2 heterocycles. The number of fused-ring (bicyclic) bond motifs is 1. The molecule has 0 aromatic heterocycles. The molecule has 0 radical (unpaired) electrons. The van der Waals surface area contributed by atoms with Crippen LogP contribution in [0.4, 0.5) is 13.2 Å². The van der Waals surface area contributed by atoms with Crippen molar-refractivity contribution in [3.8, 4) is 0 Å². The Morgan fingerprint density at radius 2 is 1.96 bits per heavy atom. The predicted molar refractivity (Wildman–Crippen MR) is 83.6 cm³/mol. The van der Waals surface area contributed by atoms with E-state index in [0.717, 1.165) is 25.3 Å². The maximum Gasteiger partial charge on any atom is 0.416 e. The molecule has 2 N–H and O–H groups in total. The van der Waals surface area contributed by atoms with Gasteiger partial charge in [0.2, 0.25) is 5.91 Å². The fourth-order valence-electron chi connectivity index (χ4n) is 3.47. The van der Waals surface area contributed by atoms with Gasteiger partial charge in [0.05, 0.1) is 11.6 Å².